The normalized spacial score (nSPS) is 27.2. The summed E-state index contributed by atoms with van der Waals surface area (Å²) in [6, 6.07) is -0.529. The number of carbonyl (C=O) groups is 2. The highest BCUT2D eigenvalue weighted by Gasteiger charge is 2.35. The Morgan fingerprint density at radius 3 is 2.80 bits per heavy atom. The van der Waals surface area contributed by atoms with E-state index in [9.17, 15) is 14.7 Å². The highest BCUT2D eigenvalue weighted by atomic mass is 16.4. The van der Waals surface area contributed by atoms with Crippen molar-refractivity contribution in [3.63, 3.8) is 0 Å². The lowest BCUT2D eigenvalue weighted by Gasteiger charge is -2.37. The predicted octanol–water partition coefficient (Wildman–Crippen LogP) is 1.70. The number of carboxylic acid groups (broad SMARTS) is 1. The molecule has 1 heterocycles. The third kappa shape index (κ3) is 3.20. The number of hydrogen-bond acceptors (Lipinski definition) is 3. The summed E-state index contributed by atoms with van der Waals surface area (Å²) in [5.41, 5.74) is 1.08. The fraction of sp³-hybridized carbons (Fsp3) is 0.733. The predicted molar refractivity (Wildman–Crippen MR) is 76.1 cm³/mol. The molecule has 1 aliphatic heterocycles. The van der Waals surface area contributed by atoms with Gasteiger partial charge in [-0.1, -0.05) is 13.0 Å². The molecule has 2 rings (SSSR count). The maximum absolute atomic E-state index is 12.3. The average Bonchev–Trinajstić information content (AvgIpc) is 2.91. The molecular formula is C15H24N2O3. The Morgan fingerprint density at radius 1 is 1.45 bits per heavy atom. The summed E-state index contributed by atoms with van der Waals surface area (Å²) in [7, 11) is 1.79. The van der Waals surface area contributed by atoms with Crippen molar-refractivity contribution >= 4 is 11.9 Å². The standard InChI is InChI=1S/C15H24N2O3/c1-11-6-5-9-17(14(11)15(19)20)10-13(18)16(2)12-7-3-4-8-12/h7,11,14H,3-6,8-10H2,1-2H3,(H,19,20). The van der Waals surface area contributed by atoms with Crippen LogP contribution >= 0.6 is 0 Å². The second-order valence-corrected chi connectivity index (χ2v) is 5.91. The van der Waals surface area contributed by atoms with Gasteiger partial charge in [-0.2, -0.15) is 0 Å². The van der Waals surface area contributed by atoms with E-state index in [0.29, 0.717) is 6.54 Å². The van der Waals surface area contributed by atoms with E-state index in [0.717, 1.165) is 37.8 Å². The van der Waals surface area contributed by atoms with Crippen LogP contribution in [-0.2, 0) is 9.59 Å². The van der Waals surface area contributed by atoms with E-state index in [4.69, 9.17) is 0 Å². The number of piperidine rings is 1. The van der Waals surface area contributed by atoms with Crippen LogP contribution in [0.15, 0.2) is 11.8 Å². The lowest BCUT2D eigenvalue weighted by Crippen LogP contribution is -2.52. The Balaban J connectivity index is 1.99. The summed E-state index contributed by atoms with van der Waals surface area (Å²) in [6.45, 7) is 2.85. The molecule has 0 radical (unpaired) electrons. The number of likely N-dealkylation sites (tertiary alicyclic amines) is 1. The van der Waals surface area contributed by atoms with Crippen molar-refractivity contribution < 1.29 is 14.7 Å². The van der Waals surface area contributed by atoms with Gasteiger partial charge in [-0.3, -0.25) is 14.5 Å². The third-order valence-electron chi connectivity index (χ3n) is 4.45. The zero-order valence-corrected chi connectivity index (χ0v) is 12.3. The molecule has 0 aromatic carbocycles. The van der Waals surface area contributed by atoms with Gasteiger partial charge in [0.05, 0.1) is 6.54 Å². The Labute approximate surface area is 120 Å². The Bertz CT molecular complexity index is 419. The SMILES string of the molecule is CC1CCCN(CC(=O)N(C)C2=CCCC2)C1C(=O)O. The van der Waals surface area contributed by atoms with Crippen LogP contribution in [0.3, 0.4) is 0 Å². The van der Waals surface area contributed by atoms with Gasteiger partial charge in [-0.25, -0.2) is 0 Å². The average molecular weight is 280 g/mol. The van der Waals surface area contributed by atoms with Crippen molar-refractivity contribution in [1.29, 1.82) is 0 Å². The van der Waals surface area contributed by atoms with Crippen LogP contribution in [-0.4, -0.2) is 53.0 Å². The van der Waals surface area contributed by atoms with Crippen molar-refractivity contribution in [3.05, 3.63) is 11.8 Å². The van der Waals surface area contributed by atoms with Crippen molar-refractivity contribution in [2.75, 3.05) is 20.1 Å². The lowest BCUT2D eigenvalue weighted by atomic mass is 9.91. The van der Waals surface area contributed by atoms with E-state index in [-0.39, 0.29) is 18.4 Å². The van der Waals surface area contributed by atoms with E-state index >= 15 is 0 Å². The van der Waals surface area contributed by atoms with Gasteiger partial charge in [-0.05, 0) is 44.6 Å². The molecule has 5 nitrogen and oxygen atoms in total. The summed E-state index contributed by atoms with van der Waals surface area (Å²) in [6.07, 6.45) is 7.07. The molecule has 1 aliphatic carbocycles. The molecule has 1 N–H and O–H groups in total. The number of amides is 1. The molecule has 0 saturated carbocycles. The molecule has 5 heteroatoms. The molecule has 2 unspecified atom stereocenters. The van der Waals surface area contributed by atoms with Gasteiger partial charge >= 0.3 is 5.97 Å². The quantitative estimate of drug-likeness (QED) is 0.851. The van der Waals surface area contributed by atoms with Gasteiger partial charge in [0.25, 0.3) is 0 Å². The number of carbonyl (C=O) groups excluding carboxylic acids is 1. The molecule has 112 valence electrons. The highest BCUT2D eigenvalue weighted by Crippen LogP contribution is 2.24. The maximum Gasteiger partial charge on any atom is 0.321 e. The van der Waals surface area contributed by atoms with E-state index in [2.05, 4.69) is 6.08 Å². The van der Waals surface area contributed by atoms with Crippen molar-refractivity contribution in [1.82, 2.24) is 9.80 Å². The lowest BCUT2D eigenvalue weighted by molar-refractivity contribution is -0.148. The molecule has 1 saturated heterocycles. The van der Waals surface area contributed by atoms with Crippen LogP contribution in [0.2, 0.25) is 0 Å². The number of allylic oxidation sites excluding steroid dienone is 2. The zero-order chi connectivity index (χ0) is 14.7. The molecule has 2 atom stereocenters. The van der Waals surface area contributed by atoms with Crippen LogP contribution < -0.4 is 0 Å². The monoisotopic (exact) mass is 280 g/mol. The maximum atomic E-state index is 12.3. The number of rotatable bonds is 4. The number of nitrogens with zero attached hydrogens (tertiary/aromatic N) is 2. The first-order chi connectivity index (χ1) is 9.50. The molecule has 0 aromatic rings. The fourth-order valence-electron chi connectivity index (χ4n) is 3.25. The summed E-state index contributed by atoms with van der Waals surface area (Å²) in [5, 5.41) is 9.36. The van der Waals surface area contributed by atoms with Gasteiger partial charge in [0.1, 0.15) is 6.04 Å². The number of likely N-dealkylation sites (N-methyl/N-ethyl adjacent to an activating group) is 1. The first-order valence-corrected chi connectivity index (χ1v) is 7.43. The molecule has 0 spiro atoms. The van der Waals surface area contributed by atoms with Crippen LogP contribution in [0.1, 0.15) is 39.0 Å². The van der Waals surface area contributed by atoms with E-state index < -0.39 is 12.0 Å². The second kappa shape index (κ2) is 6.39. The van der Waals surface area contributed by atoms with Gasteiger partial charge in [0.15, 0.2) is 0 Å². The topological polar surface area (TPSA) is 60.9 Å². The van der Waals surface area contributed by atoms with Crippen molar-refractivity contribution in [3.8, 4) is 0 Å². The second-order valence-electron chi connectivity index (χ2n) is 5.91. The summed E-state index contributed by atoms with van der Waals surface area (Å²) >= 11 is 0. The molecule has 2 aliphatic rings. The Morgan fingerprint density at radius 2 is 2.20 bits per heavy atom. The van der Waals surface area contributed by atoms with E-state index in [1.807, 2.05) is 11.8 Å². The molecule has 0 bridgehead atoms. The van der Waals surface area contributed by atoms with Gasteiger partial charge in [-0.15, -0.1) is 0 Å². The number of carboxylic acids is 1. The summed E-state index contributed by atoms with van der Waals surface area (Å²) in [5.74, 6) is -0.712. The minimum Gasteiger partial charge on any atom is -0.480 e. The molecule has 0 aromatic heterocycles. The summed E-state index contributed by atoms with van der Waals surface area (Å²) in [4.78, 5) is 27.3. The molecule has 1 fully saturated rings. The number of aliphatic carboxylic acids is 1. The zero-order valence-electron chi connectivity index (χ0n) is 12.3. The first kappa shape index (κ1) is 15.0. The van der Waals surface area contributed by atoms with Crippen molar-refractivity contribution in [2.45, 2.75) is 45.1 Å². The minimum atomic E-state index is -0.812. The highest BCUT2D eigenvalue weighted by molar-refractivity contribution is 5.81. The fourth-order valence-corrected chi connectivity index (χ4v) is 3.25. The van der Waals surface area contributed by atoms with Gasteiger partial charge in [0, 0.05) is 12.7 Å². The molecular weight excluding hydrogens is 256 g/mol. The smallest absolute Gasteiger partial charge is 0.321 e. The first-order valence-electron chi connectivity index (χ1n) is 7.43. The molecule has 20 heavy (non-hydrogen) atoms. The van der Waals surface area contributed by atoms with Crippen LogP contribution in [0, 0.1) is 5.92 Å². The molecule has 1 amide bonds. The third-order valence-corrected chi connectivity index (χ3v) is 4.45. The Kier molecular flexibility index (Phi) is 4.81. The van der Waals surface area contributed by atoms with Crippen LogP contribution in [0.25, 0.3) is 0 Å². The number of hydrogen-bond donors (Lipinski definition) is 1. The van der Waals surface area contributed by atoms with Gasteiger partial charge in [0.2, 0.25) is 5.91 Å². The van der Waals surface area contributed by atoms with Crippen molar-refractivity contribution in [2.24, 2.45) is 5.92 Å². The Hall–Kier alpha value is -1.36. The minimum absolute atomic E-state index is 0.00139. The van der Waals surface area contributed by atoms with E-state index in [1.165, 1.54) is 0 Å². The largest absolute Gasteiger partial charge is 0.480 e. The summed E-state index contributed by atoms with van der Waals surface area (Å²) < 4.78 is 0. The van der Waals surface area contributed by atoms with Gasteiger partial charge < -0.3 is 10.0 Å². The van der Waals surface area contributed by atoms with E-state index in [1.54, 1.807) is 11.9 Å². The van der Waals surface area contributed by atoms with Crippen LogP contribution in [0.5, 0.6) is 0 Å². The van der Waals surface area contributed by atoms with Crippen LogP contribution in [0.4, 0.5) is 0 Å².